The van der Waals surface area contributed by atoms with Crippen LogP contribution in [0.5, 0.6) is 0 Å². The van der Waals surface area contributed by atoms with Crippen LogP contribution in [0.3, 0.4) is 0 Å². The molecule has 0 aliphatic carbocycles. The summed E-state index contributed by atoms with van der Waals surface area (Å²) in [6.07, 6.45) is 1.76. The number of hydrogen-bond donors (Lipinski definition) is 1. The number of fused-ring (bicyclic) bond motifs is 1. The van der Waals surface area contributed by atoms with Crippen molar-refractivity contribution < 1.29 is 13.2 Å². The van der Waals surface area contributed by atoms with E-state index in [0.717, 1.165) is 15.0 Å². The van der Waals surface area contributed by atoms with E-state index in [1.54, 1.807) is 18.2 Å². The Kier molecular flexibility index (Phi) is 4.54. The minimum atomic E-state index is -3.21. The molecule has 0 radical (unpaired) electrons. The van der Waals surface area contributed by atoms with Crippen LogP contribution in [-0.4, -0.2) is 36.4 Å². The Morgan fingerprint density at radius 3 is 2.91 bits per heavy atom. The van der Waals surface area contributed by atoms with Crippen molar-refractivity contribution in [1.82, 2.24) is 9.29 Å². The molecule has 1 aromatic carbocycles. The summed E-state index contributed by atoms with van der Waals surface area (Å²) < 4.78 is 25.5. The smallest absolute Gasteiger partial charge is 0.257 e. The molecule has 6 nitrogen and oxygen atoms in total. The molecular formula is C14H14BrN3O3S2. The van der Waals surface area contributed by atoms with Gasteiger partial charge in [0.25, 0.3) is 5.91 Å². The minimum absolute atomic E-state index is 0.239. The maximum Gasteiger partial charge on any atom is 0.257 e. The fourth-order valence-electron chi connectivity index (χ4n) is 2.31. The van der Waals surface area contributed by atoms with Crippen molar-refractivity contribution >= 4 is 48.3 Å². The quantitative estimate of drug-likeness (QED) is 0.834. The van der Waals surface area contributed by atoms with E-state index >= 15 is 0 Å². The Balaban J connectivity index is 1.77. The first kappa shape index (κ1) is 16.6. The third-order valence-electron chi connectivity index (χ3n) is 3.47. The summed E-state index contributed by atoms with van der Waals surface area (Å²) in [4.78, 5) is 17.5. The van der Waals surface area contributed by atoms with Crippen LogP contribution in [0, 0.1) is 0 Å². The number of carbonyl (C=O) groups is 1. The van der Waals surface area contributed by atoms with E-state index < -0.39 is 10.0 Å². The molecular weight excluding hydrogens is 402 g/mol. The predicted molar refractivity (Wildman–Crippen MR) is 93.2 cm³/mol. The van der Waals surface area contributed by atoms with E-state index in [4.69, 9.17) is 0 Å². The lowest BCUT2D eigenvalue weighted by atomic mass is 10.2. The largest absolute Gasteiger partial charge is 0.298 e. The molecule has 0 bridgehead atoms. The number of hydrogen-bond acceptors (Lipinski definition) is 5. The van der Waals surface area contributed by atoms with E-state index in [-0.39, 0.29) is 5.91 Å². The molecule has 1 aliphatic rings. The Morgan fingerprint density at radius 2 is 2.22 bits per heavy atom. The molecule has 122 valence electrons. The number of sulfonamides is 1. The predicted octanol–water partition coefficient (Wildman–Crippen LogP) is 2.48. The number of thiazole rings is 1. The van der Waals surface area contributed by atoms with Crippen LogP contribution in [0.1, 0.15) is 20.9 Å². The molecule has 1 amide bonds. The Bertz CT molecular complexity index is 864. The Morgan fingerprint density at radius 1 is 1.43 bits per heavy atom. The van der Waals surface area contributed by atoms with Gasteiger partial charge in [0.2, 0.25) is 10.0 Å². The molecule has 2 heterocycles. The van der Waals surface area contributed by atoms with Crippen molar-refractivity contribution in [2.24, 2.45) is 0 Å². The maximum absolute atomic E-state index is 12.2. The zero-order valence-corrected chi connectivity index (χ0v) is 15.5. The standard InChI is InChI=1S/C14H14BrN3O3S2/c1-23(20,21)18-6-5-11-12(8-18)22-14(16-11)17-13(19)9-3-2-4-10(15)7-9/h2-4,7H,5-6,8H2,1H3,(H,16,17,19). The highest BCUT2D eigenvalue weighted by Crippen LogP contribution is 2.29. The van der Waals surface area contributed by atoms with Gasteiger partial charge < -0.3 is 0 Å². The first-order valence-corrected chi connectivity index (χ1v) is 10.3. The summed E-state index contributed by atoms with van der Waals surface area (Å²) in [6, 6.07) is 7.09. The molecule has 2 aromatic rings. The van der Waals surface area contributed by atoms with Crippen LogP contribution >= 0.6 is 27.3 Å². The van der Waals surface area contributed by atoms with Gasteiger partial charge in [0, 0.05) is 34.4 Å². The number of carbonyl (C=O) groups excluding carboxylic acids is 1. The summed E-state index contributed by atoms with van der Waals surface area (Å²) in [6.45, 7) is 0.743. The summed E-state index contributed by atoms with van der Waals surface area (Å²) >= 11 is 4.65. The third kappa shape index (κ3) is 3.79. The molecule has 0 saturated carbocycles. The van der Waals surface area contributed by atoms with Crippen molar-refractivity contribution in [2.45, 2.75) is 13.0 Å². The molecule has 0 atom stereocenters. The van der Waals surface area contributed by atoms with Gasteiger partial charge in [0.1, 0.15) is 0 Å². The molecule has 0 saturated heterocycles. The second-order valence-corrected chi connectivity index (χ2v) is 9.18. The van der Waals surface area contributed by atoms with Gasteiger partial charge in [-0.2, -0.15) is 4.31 Å². The fourth-order valence-corrected chi connectivity index (χ4v) is 4.59. The van der Waals surface area contributed by atoms with Crippen LogP contribution in [0.15, 0.2) is 28.7 Å². The molecule has 0 spiro atoms. The number of halogens is 1. The normalized spacial score (nSPS) is 15.2. The molecule has 23 heavy (non-hydrogen) atoms. The molecule has 1 N–H and O–H groups in total. The van der Waals surface area contributed by atoms with Crippen molar-refractivity contribution in [3.8, 4) is 0 Å². The Labute approximate surface area is 146 Å². The van der Waals surface area contributed by atoms with Crippen LogP contribution < -0.4 is 5.32 Å². The molecule has 1 aliphatic heterocycles. The van der Waals surface area contributed by atoms with Crippen LogP contribution in [-0.2, 0) is 23.0 Å². The SMILES string of the molecule is CS(=O)(=O)N1CCc2nc(NC(=O)c3cccc(Br)c3)sc2C1. The number of nitrogens with one attached hydrogen (secondary N) is 1. The molecule has 9 heteroatoms. The summed E-state index contributed by atoms with van der Waals surface area (Å²) in [7, 11) is -3.21. The number of amides is 1. The molecule has 3 rings (SSSR count). The van der Waals surface area contributed by atoms with Gasteiger partial charge in [-0.1, -0.05) is 22.0 Å². The fraction of sp³-hybridized carbons (Fsp3) is 0.286. The second-order valence-electron chi connectivity index (χ2n) is 5.20. The lowest BCUT2D eigenvalue weighted by Crippen LogP contribution is -2.34. The van der Waals surface area contributed by atoms with Gasteiger partial charge in [-0.3, -0.25) is 10.1 Å². The highest BCUT2D eigenvalue weighted by atomic mass is 79.9. The van der Waals surface area contributed by atoms with Crippen molar-refractivity contribution in [1.29, 1.82) is 0 Å². The lowest BCUT2D eigenvalue weighted by molar-refractivity contribution is 0.102. The van der Waals surface area contributed by atoms with Gasteiger partial charge >= 0.3 is 0 Å². The van der Waals surface area contributed by atoms with Crippen LogP contribution in [0.25, 0.3) is 0 Å². The molecule has 1 aromatic heterocycles. The average Bonchev–Trinajstić information content (AvgIpc) is 2.87. The van der Waals surface area contributed by atoms with E-state index in [1.807, 2.05) is 6.07 Å². The average molecular weight is 416 g/mol. The summed E-state index contributed by atoms with van der Waals surface area (Å²) in [5, 5.41) is 3.27. The highest BCUT2D eigenvalue weighted by molar-refractivity contribution is 9.10. The van der Waals surface area contributed by atoms with Crippen molar-refractivity contribution in [2.75, 3.05) is 18.1 Å². The highest BCUT2D eigenvalue weighted by Gasteiger charge is 2.26. The van der Waals surface area contributed by atoms with Gasteiger partial charge in [-0.25, -0.2) is 13.4 Å². The van der Waals surface area contributed by atoms with Gasteiger partial charge in [0.05, 0.1) is 11.9 Å². The Hall–Kier alpha value is -1.29. The molecule has 0 unspecified atom stereocenters. The van der Waals surface area contributed by atoms with Crippen molar-refractivity contribution in [3.05, 3.63) is 44.9 Å². The zero-order valence-electron chi connectivity index (χ0n) is 12.2. The molecule has 0 fully saturated rings. The van der Waals surface area contributed by atoms with E-state index in [0.29, 0.717) is 30.2 Å². The van der Waals surface area contributed by atoms with E-state index in [1.165, 1.54) is 21.9 Å². The lowest BCUT2D eigenvalue weighted by Gasteiger charge is -2.23. The maximum atomic E-state index is 12.2. The minimum Gasteiger partial charge on any atom is -0.298 e. The second kappa shape index (κ2) is 6.31. The zero-order chi connectivity index (χ0) is 16.6. The number of rotatable bonds is 3. The third-order valence-corrected chi connectivity index (χ3v) is 6.21. The van der Waals surface area contributed by atoms with Crippen molar-refractivity contribution in [3.63, 3.8) is 0 Å². The first-order valence-electron chi connectivity index (χ1n) is 6.83. The first-order chi connectivity index (χ1) is 10.8. The van der Waals surface area contributed by atoms with Gasteiger partial charge in [-0.05, 0) is 18.2 Å². The van der Waals surface area contributed by atoms with E-state index in [9.17, 15) is 13.2 Å². The summed E-state index contributed by atoms with van der Waals surface area (Å²) in [5.41, 5.74) is 1.39. The summed E-state index contributed by atoms with van der Waals surface area (Å²) in [5.74, 6) is -0.239. The van der Waals surface area contributed by atoms with E-state index in [2.05, 4.69) is 26.2 Å². The topological polar surface area (TPSA) is 79.4 Å². The monoisotopic (exact) mass is 415 g/mol. The number of nitrogens with zero attached hydrogens (tertiary/aromatic N) is 2. The number of benzene rings is 1. The van der Waals surface area contributed by atoms with Gasteiger partial charge in [0.15, 0.2) is 5.13 Å². The number of anilines is 1. The number of aromatic nitrogens is 1. The van der Waals surface area contributed by atoms with Crippen LogP contribution in [0.4, 0.5) is 5.13 Å². The van der Waals surface area contributed by atoms with Crippen LogP contribution in [0.2, 0.25) is 0 Å². The van der Waals surface area contributed by atoms with Gasteiger partial charge in [-0.15, -0.1) is 11.3 Å².